The van der Waals surface area contributed by atoms with Gasteiger partial charge in [0.15, 0.2) is 0 Å². The minimum atomic E-state index is -3.89. The van der Waals surface area contributed by atoms with E-state index in [4.69, 9.17) is 4.74 Å². The van der Waals surface area contributed by atoms with Crippen LogP contribution in [-0.4, -0.2) is 30.9 Å². The summed E-state index contributed by atoms with van der Waals surface area (Å²) in [5, 5.41) is 2.80. The topological polar surface area (TPSA) is 110 Å². The number of benzene rings is 2. The molecule has 8 nitrogen and oxygen atoms in total. The minimum absolute atomic E-state index is 0.0109. The Kier molecular flexibility index (Phi) is 9.22. The maximum absolute atomic E-state index is 13.0. The van der Waals surface area contributed by atoms with Crippen LogP contribution in [0.4, 0.5) is 11.6 Å². The highest BCUT2D eigenvalue weighted by Gasteiger charge is 2.18. The van der Waals surface area contributed by atoms with Crippen molar-refractivity contribution in [2.24, 2.45) is 0 Å². The first-order valence-corrected chi connectivity index (χ1v) is 13.6. The van der Waals surface area contributed by atoms with Crippen LogP contribution in [-0.2, 0) is 10.0 Å². The maximum atomic E-state index is 13.0. The molecule has 3 rings (SSSR count). The number of unbranched alkanes of at least 4 members (excludes halogenated alkanes) is 3. The zero-order chi connectivity index (χ0) is 25.4. The third-order valence-corrected chi connectivity index (χ3v) is 6.91. The summed E-state index contributed by atoms with van der Waals surface area (Å²) in [7, 11) is -3.89. The first kappa shape index (κ1) is 26.6. The van der Waals surface area contributed by atoms with E-state index in [1.165, 1.54) is 24.3 Å². The Morgan fingerprint density at radius 1 is 0.971 bits per heavy atom. The number of nitrogens with zero attached hydrogens (tertiary/aromatic N) is 2. The Morgan fingerprint density at radius 2 is 1.66 bits per heavy atom. The van der Waals surface area contributed by atoms with E-state index in [0.29, 0.717) is 35.0 Å². The molecule has 1 amide bonds. The summed E-state index contributed by atoms with van der Waals surface area (Å²) in [6.07, 6.45) is 4.29. The highest BCUT2D eigenvalue weighted by atomic mass is 79.9. The molecule has 1 aromatic heterocycles. The van der Waals surface area contributed by atoms with Gasteiger partial charge in [-0.2, -0.15) is 0 Å². The smallest absolute Gasteiger partial charge is 0.264 e. The van der Waals surface area contributed by atoms with Gasteiger partial charge in [0.05, 0.1) is 17.1 Å². The third-order valence-electron chi connectivity index (χ3n) is 5.07. The van der Waals surface area contributed by atoms with Crippen LogP contribution in [0.25, 0.3) is 0 Å². The highest BCUT2D eigenvalue weighted by molar-refractivity contribution is 9.10. The lowest BCUT2D eigenvalue weighted by atomic mass is 10.1. The van der Waals surface area contributed by atoms with Crippen molar-refractivity contribution in [1.29, 1.82) is 0 Å². The molecular formula is C25H29BrN4O4S. The third kappa shape index (κ3) is 7.76. The molecule has 2 N–H and O–H groups in total. The number of sulfonamides is 1. The van der Waals surface area contributed by atoms with Crippen LogP contribution in [0, 0.1) is 13.8 Å². The highest BCUT2D eigenvalue weighted by Crippen LogP contribution is 2.25. The summed E-state index contributed by atoms with van der Waals surface area (Å²) < 4.78 is 34.4. The second-order valence-corrected chi connectivity index (χ2v) is 10.7. The van der Waals surface area contributed by atoms with Gasteiger partial charge in [-0.25, -0.2) is 23.1 Å². The quantitative estimate of drug-likeness (QED) is 0.284. The van der Waals surface area contributed by atoms with E-state index in [-0.39, 0.29) is 16.8 Å². The van der Waals surface area contributed by atoms with Crippen molar-refractivity contribution in [1.82, 2.24) is 9.97 Å². The molecule has 0 fully saturated rings. The molecule has 0 aliphatic heterocycles. The zero-order valence-corrected chi connectivity index (χ0v) is 22.4. The van der Waals surface area contributed by atoms with Crippen LogP contribution in [0.2, 0.25) is 0 Å². The monoisotopic (exact) mass is 560 g/mol. The van der Waals surface area contributed by atoms with Crippen LogP contribution < -0.4 is 14.8 Å². The van der Waals surface area contributed by atoms with Crippen molar-refractivity contribution >= 4 is 43.5 Å². The summed E-state index contributed by atoms with van der Waals surface area (Å²) in [6.45, 7) is 6.21. The molecule has 0 aliphatic carbocycles. The number of halogens is 1. The second kappa shape index (κ2) is 12.1. The normalized spacial score (nSPS) is 11.2. The fraction of sp³-hybridized carbons (Fsp3) is 0.320. The van der Waals surface area contributed by atoms with Crippen LogP contribution >= 0.6 is 15.9 Å². The summed E-state index contributed by atoms with van der Waals surface area (Å²) >= 11 is 3.40. The number of hydrogen-bond acceptors (Lipinski definition) is 6. The summed E-state index contributed by atoms with van der Waals surface area (Å²) in [5.74, 6) is 0.156. The standard InChI is InChI=1S/C25H29BrN4O4S/c1-4-5-6-7-14-34-23-13-8-19(26)16-22(23)24(31)29-20-9-11-21(12-10-20)35(32,33)30-25-27-17(2)15-18(3)28-25/h8-13,15-16H,4-7,14H2,1-3H3,(H,29,31)(H,27,28,30). The van der Waals surface area contributed by atoms with Gasteiger partial charge in [0, 0.05) is 21.5 Å². The predicted molar refractivity (Wildman–Crippen MR) is 140 cm³/mol. The molecule has 0 spiro atoms. The van der Waals surface area contributed by atoms with Gasteiger partial charge >= 0.3 is 0 Å². The lowest BCUT2D eigenvalue weighted by molar-refractivity contribution is 0.102. The van der Waals surface area contributed by atoms with E-state index >= 15 is 0 Å². The lowest BCUT2D eigenvalue weighted by Crippen LogP contribution is -2.16. The first-order valence-electron chi connectivity index (χ1n) is 11.4. The van der Waals surface area contributed by atoms with Crippen LogP contribution in [0.3, 0.4) is 0 Å². The fourth-order valence-corrected chi connectivity index (χ4v) is 4.69. The van der Waals surface area contributed by atoms with E-state index in [0.717, 1.165) is 30.2 Å². The zero-order valence-electron chi connectivity index (χ0n) is 20.0. The molecule has 0 saturated carbocycles. The Bertz CT molecular complexity index is 1260. The van der Waals surface area contributed by atoms with Crippen molar-refractivity contribution < 1.29 is 17.9 Å². The molecule has 1 heterocycles. The molecule has 0 bridgehead atoms. The number of hydrogen-bond donors (Lipinski definition) is 2. The van der Waals surface area contributed by atoms with E-state index in [2.05, 4.69) is 42.9 Å². The summed E-state index contributed by atoms with van der Waals surface area (Å²) in [6, 6.07) is 12.9. The molecule has 2 aromatic carbocycles. The predicted octanol–water partition coefficient (Wildman–Crippen LogP) is 5.87. The van der Waals surface area contributed by atoms with Crippen molar-refractivity contribution in [3.63, 3.8) is 0 Å². The van der Waals surface area contributed by atoms with Crippen LogP contribution in [0.1, 0.15) is 54.4 Å². The van der Waals surface area contributed by atoms with Gasteiger partial charge in [-0.05, 0) is 68.8 Å². The number of aromatic nitrogens is 2. The van der Waals surface area contributed by atoms with Crippen LogP contribution in [0.15, 0.2) is 57.9 Å². The molecule has 0 radical (unpaired) electrons. The molecular weight excluding hydrogens is 532 g/mol. The van der Waals surface area contributed by atoms with E-state index in [1.807, 2.05) is 6.07 Å². The van der Waals surface area contributed by atoms with Gasteiger partial charge < -0.3 is 10.1 Å². The number of carbonyl (C=O) groups excluding carboxylic acids is 1. The summed E-state index contributed by atoms with van der Waals surface area (Å²) in [5.41, 5.74) is 2.15. The first-order chi connectivity index (χ1) is 16.7. The molecule has 186 valence electrons. The number of rotatable bonds is 11. The molecule has 3 aromatic rings. The van der Waals surface area contributed by atoms with Gasteiger partial charge in [0.1, 0.15) is 5.75 Å². The number of amides is 1. The maximum Gasteiger partial charge on any atom is 0.264 e. The van der Waals surface area contributed by atoms with E-state index in [1.54, 1.807) is 32.0 Å². The Labute approximate surface area is 214 Å². The van der Waals surface area contributed by atoms with Gasteiger partial charge in [-0.3, -0.25) is 4.79 Å². The number of anilines is 2. The van der Waals surface area contributed by atoms with Gasteiger partial charge in [-0.1, -0.05) is 42.1 Å². The lowest BCUT2D eigenvalue weighted by Gasteiger charge is -2.13. The minimum Gasteiger partial charge on any atom is -0.493 e. The summed E-state index contributed by atoms with van der Waals surface area (Å²) in [4.78, 5) is 21.2. The van der Waals surface area contributed by atoms with Crippen molar-refractivity contribution in [2.45, 2.75) is 51.3 Å². The molecule has 35 heavy (non-hydrogen) atoms. The Hall–Kier alpha value is -2.98. The molecule has 0 unspecified atom stereocenters. The fourth-order valence-electron chi connectivity index (χ4n) is 3.38. The number of ether oxygens (including phenoxy) is 1. The van der Waals surface area contributed by atoms with Crippen molar-refractivity contribution in [3.8, 4) is 5.75 Å². The Balaban J connectivity index is 1.69. The molecule has 0 aliphatic rings. The average molecular weight is 562 g/mol. The SMILES string of the molecule is CCCCCCOc1ccc(Br)cc1C(=O)Nc1ccc(S(=O)(=O)Nc2nc(C)cc(C)n2)cc1. The molecule has 0 atom stereocenters. The van der Waals surface area contributed by atoms with E-state index in [9.17, 15) is 13.2 Å². The van der Waals surface area contributed by atoms with Crippen molar-refractivity contribution in [3.05, 3.63) is 70.0 Å². The van der Waals surface area contributed by atoms with Gasteiger partial charge in [0.2, 0.25) is 5.95 Å². The molecule has 0 saturated heterocycles. The van der Waals surface area contributed by atoms with E-state index < -0.39 is 10.0 Å². The number of carbonyl (C=O) groups is 1. The second-order valence-electron chi connectivity index (χ2n) is 8.11. The largest absolute Gasteiger partial charge is 0.493 e. The average Bonchev–Trinajstić information content (AvgIpc) is 2.79. The number of nitrogens with one attached hydrogen (secondary N) is 2. The Morgan fingerprint density at radius 3 is 2.31 bits per heavy atom. The van der Waals surface area contributed by atoms with Gasteiger partial charge in [-0.15, -0.1) is 0 Å². The van der Waals surface area contributed by atoms with Crippen LogP contribution in [0.5, 0.6) is 5.75 Å². The number of aryl methyl sites for hydroxylation is 2. The molecule has 10 heteroatoms. The van der Waals surface area contributed by atoms with Crippen molar-refractivity contribution in [2.75, 3.05) is 16.6 Å². The van der Waals surface area contributed by atoms with Gasteiger partial charge in [0.25, 0.3) is 15.9 Å².